The zero-order valence-electron chi connectivity index (χ0n) is 16.6. The summed E-state index contributed by atoms with van der Waals surface area (Å²) in [6, 6.07) is 8.33. The van der Waals surface area contributed by atoms with Crippen LogP contribution >= 0.6 is 24.8 Å². The molecule has 1 aliphatic rings. The molecule has 0 aromatic heterocycles. The maximum absolute atomic E-state index is 10.9. The van der Waals surface area contributed by atoms with E-state index in [0.717, 1.165) is 24.9 Å². The molecule has 5 heteroatoms. The van der Waals surface area contributed by atoms with E-state index in [1.54, 1.807) is 0 Å². The van der Waals surface area contributed by atoms with Gasteiger partial charge in [0.1, 0.15) is 0 Å². The predicted octanol–water partition coefficient (Wildman–Crippen LogP) is 4.75. The second-order valence-corrected chi connectivity index (χ2v) is 7.75. The Hall–Kier alpha value is -0.320. The molecule has 0 spiro atoms. The number of likely N-dealkylation sites (tertiary alicyclic amines) is 1. The van der Waals surface area contributed by atoms with Crippen molar-refractivity contribution in [2.45, 2.75) is 65.0 Å². The molecule has 1 aromatic rings. The average molecular weight is 405 g/mol. The van der Waals surface area contributed by atoms with E-state index in [4.69, 9.17) is 0 Å². The van der Waals surface area contributed by atoms with Crippen LogP contribution in [0.4, 0.5) is 0 Å². The van der Waals surface area contributed by atoms with E-state index < -0.39 is 6.10 Å². The van der Waals surface area contributed by atoms with Gasteiger partial charge in [-0.15, -0.1) is 24.8 Å². The van der Waals surface area contributed by atoms with E-state index in [-0.39, 0.29) is 30.9 Å². The molecule has 2 N–H and O–H groups in total. The molecule has 1 saturated heterocycles. The average Bonchev–Trinajstić information content (AvgIpc) is 2.58. The molecule has 0 bridgehead atoms. The lowest BCUT2D eigenvalue weighted by atomic mass is 9.92. The molecule has 0 amide bonds. The van der Waals surface area contributed by atoms with Crippen LogP contribution in [0.15, 0.2) is 24.3 Å². The first-order valence-corrected chi connectivity index (χ1v) is 9.77. The maximum atomic E-state index is 10.9. The molecule has 0 radical (unpaired) electrons. The number of hydrogen-bond donors (Lipinski definition) is 2. The van der Waals surface area contributed by atoms with Crippen molar-refractivity contribution < 1.29 is 5.11 Å². The molecular weight excluding hydrogens is 367 g/mol. The van der Waals surface area contributed by atoms with Gasteiger partial charge in [0.15, 0.2) is 0 Å². The smallest absolute Gasteiger partial charge is 0.0945 e. The van der Waals surface area contributed by atoms with Gasteiger partial charge in [-0.05, 0) is 75.8 Å². The summed E-state index contributed by atoms with van der Waals surface area (Å²) in [5.74, 6) is 0.572. The van der Waals surface area contributed by atoms with Crippen molar-refractivity contribution in [3.05, 3.63) is 35.4 Å². The lowest BCUT2D eigenvalue weighted by Crippen LogP contribution is -2.39. The van der Waals surface area contributed by atoms with Crippen LogP contribution in [-0.2, 0) is 0 Å². The highest BCUT2D eigenvalue weighted by atomic mass is 35.5. The quantitative estimate of drug-likeness (QED) is 0.582. The Labute approximate surface area is 172 Å². The van der Waals surface area contributed by atoms with E-state index >= 15 is 0 Å². The first-order chi connectivity index (χ1) is 11.6. The molecular formula is C21H38Cl2N2O. The van der Waals surface area contributed by atoms with Gasteiger partial charge < -0.3 is 15.3 Å². The van der Waals surface area contributed by atoms with Crippen LogP contribution in [0.5, 0.6) is 0 Å². The van der Waals surface area contributed by atoms with Crippen LogP contribution in [-0.4, -0.2) is 42.2 Å². The Morgan fingerprint density at radius 2 is 1.73 bits per heavy atom. The molecule has 152 valence electrons. The van der Waals surface area contributed by atoms with Crippen LogP contribution < -0.4 is 5.32 Å². The first kappa shape index (κ1) is 25.7. The van der Waals surface area contributed by atoms with Gasteiger partial charge in [0, 0.05) is 6.04 Å². The number of aliphatic hydroxyl groups excluding tert-OH is 1. The zero-order valence-corrected chi connectivity index (χ0v) is 18.2. The van der Waals surface area contributed by atoms with E-state index in [2.05, 4.69) is 43.1 Å². The molecule has 1 fully saturated rings. The Morgan fingerprint density at radius 1 is 1.08 bits per heavy atom. The number of aryl methyl sites for hydroxylation is 1. The summed E-state index contributed by atoms with van der Waals surface area (Å²) in [6.07, 6.45) is 5.84. The molecule has 1 aliphatic heterocycles. The minimum absolute atomic E-state index is 0. The fourth-order valence-electron chi connectivity index (χ4n) is 3.74. The highest BCUT2D eigenvalue weighted by Crippen LogP contribution is 2.24. The number of rotatable bonds is 9. The number of aliphatic hydroxyl groups is 1. The van der Waals surface area contributed by atoms with Gasteiger partial charge in [0.05, 0.1) is 6.10 Å². The number of nitrogens with zero attached hydrogens (tertiary/aromatic N) is 1. The summed E-state index contributed by atoms with van der Waals surface area (Å²) in [5.41, 5.74) is 2.24. The number of nitrogens with one attached hydrogen (secondary N) is 1. The third kappa shape index (κ3) is 8.58. The third-order valence-corrected chi connectivity index (χ3v) is 5.12. The maximum Gasteiger partial charge on any atom is 0.0945 e. The molecule has 2 rings (SSSR count). The van der Waals surface area contributed by atoms with Gasteiger partial charge in [0.25, 0.3) is 0 Å². The molecule has 1 heterocycles. The van der Waals surface area contributed by atoms with E-state index in [1.807, 2.05) is 12.1 Å². The van der Waals surface area contributed by atoms with E-state index in [0.29, 0.717) is 5.92 Å². The summed E-state index contributed by atoms with van der Waals surface area (Å²) in [7, 11) is 0. The van der Waals surface area contributed by atoms with Crippen molar-refractivity contribution >= 4 is 24.8 Å². The lowest BCUT2D eigenvalue weighted by Gasteiger charge is -2.29. The van der Waals surface area contributed by atoms with Crippen LogP contribution in [0, 0.1) is 12.8 Å². The van der Waals surface area contributed by atoms with Crippen LogP contribution in [0.1, 0.15) is 63.2 Å². The summed E-state index contributed by atoms with van der Waals surface area (Å²) in [5, 5.41) is 14.5. The number of hydrogen-bond acceptors (Lipinski definition) is 3. The third-order valence-electron chi connectivity index (χ3n) is 5.12. The van der Waals surface area contributed by atoms with Gasteiger partial charge in [0.2, 0.25) is 0 Å². The number of piperidine rings is 1. The molecule has 2 atom stereocenters. The standard InChI is InChI=1S/C21H36N2O.2ClH/c1-17(2)16-20(21(24)19-11-6-5-10-18(19)3)22-12-9-15-23-13-7-4-8-14-23;;/h5-6,10-11,17,20-22,24H,4,7-9,12-16H2,1-3H3;2*1H. The number of halogens is 2. The Bertz CT molecular complexity index is 479. The fraction of sp³-hybridized carbons (Fsp3) is 0.714. The Morgan fingerprint density at radius 3 is 2.35 bits per heavy atom. The van der Waals surface area contributed by atoms with E-state index in [1.165, 1.54) is 44.5 Å². The van der Waals surface area contributed by atoms with Gasteiger partial charge >= 0.3 is 0 Å². The molecule has 0 saturated carbocycles. The lowest BCUT2D eigenvalue weighted by molar-refractivity contribution is 0.115. The topological polar surface area (TPSA) is 35.5 Å². The summed E-state index contributed by atoms with van der Waals surface area (Å²) in [4.78, 5) is 2.58. The molecule has 26 heavy (non-hydrogen) atoms. The molecule has 1 aromatic carbocycles. The largest absolute Gasteiger partial charge is 0.387 e. The highest BCUT2D eigenvalue weighted by Gasteiger charge is 2.22. The second kappa shape index (κ2) is 13.8. The second-order valence-electron chi connectivity index (χ2n) is 7.75. The van der Waals surface area contributed by atoms with Crippen molar-refractivity contribution in [1.29, 1.82) is 0 Å². The van der Waals surface area contributed by atoms with Crippen LogP contribution in [0.2, 0.25) is 0 Å². The summed E-state index contributed by atoms with van der Waals surface area (Å²) >= 11 is 0. The van der Waals surface area contributed by atoms with Crippen LogP contribution in [0.25, 0.3) is 0 Å². The van der Waals surface area contributed by atoms with Crippen molar-refractivity contribution in [1.82, 2.24) is 10.2 Å². The fourth-order valence-corrected chi connectivity index (χ4v) is 3.74. The Kier molecular flexibility index (Phi) is 13.6. The van der Waals surface area contributed by atoms with E-state index in [9.17, 15) is 5.11 Å². The van der Waals surface area contributed by atoms with Crippen molar-refractivity contribution in [2.75, 3.05) is 26.2 Å². The van der Waals surface area contributed by atoms with Gasteiger partial charge in [-0.3, -0.25) is 0 Å². The summed E-state index contributed by atoms with van der Waals surface area (Å²) in [6.45, 7) is 11.2. The van der Waals surface area contributed by atoms with Gasteiger partial charge in [-0.25, -0.2) is 0 Å². The molecule has 0 aliphatic carbocycles. The predicted molar refractivity (Wildman–Crippen MR) is 117 cm³/mol. The Balaban J connectivity index is 0.00000312. The highest BCUT2D eigenvalue weighted by molar-refractivity contribution is 5.85. The van der Waals surface area contributed by atoms with Crippen molar-refractivity contribution in [3.8, 4) is 0 Å². The SMILES string of the molecule is Cc1ccccc1C(O)C(CC(C)C)NCCCN1CCCCC1.Cl.Cl. The van der Waals surface area contributed by atoms with Crippen molar-refractivity contribution in [2.24, 2.45) is 5.92 Å². The van der Waals surface area contributed by atoms with Crippen molar-refractivity contribution in [3.63, 3.8) is 0 Å². The zero-order chi connectivity index (χ0) is 17.4. The molecule has 3 nitrogen and oxygen atoms in total. The van der Waals surface area contributed by atoms with Gasteiger partial charge in [-0.1, -0.05) is 44.5 Å². The normalized spacial score (nSPS) is 17.3. The molecule has 2 unspecified atom stereocenters. The minimum Gasteiger partial charge on any atom is -0.387 e. The number of benzene rings is 1. The first-order valence-electron chi connectivity index (χ1n) is 9.77. The van der Waals surface area contributed by atoms with Gasteiger partial charge in [-0.2, -0.15) is 0 Å². The monoisotopic (exact) mass is 404 g/mol. The minimum atomic E-state index is -0.427. The van der Waals surface area contributed by atoms with Crippen LogP contribution in [0.3, 0.4) is 0 Å². The summed E-state index contributed by atoms with van der Waals surface area (Å²) < 4.78 is 0.